The topological polar surface area (TPSA) is 116 Å². The van der Waals surface area contributed by atoms with Crippen molar-refractivity contribution in [3.05, 3.63) is 76.1 Å². The Morgan fingerprint density at radius 3 is 2.42 bits per heavy atom. The number of benzene rings is 2. The molecule has 0 saturated carbocycles. The number of hydrogen-bond donors (Lipinski definition) is 1. The summed E-state index contributed by atoms with van der Waals surface area (Å²) in [6, 6.07) is 7.18. The lowest BCUT2D eigenvalue weighted by atomic mass is 9.94. The molecule has 0 aliphatic carbocycles. The molecule has 18 heteroatoms. The van der Waals surface area contributed by atoms with Gasteiger partial charge in [-0.2, -0.15) is 18.3 Å². The minimum Gasteiger partial charge on any atom is -0.615 e. The van der Waals surface area contributed by atoms with E-state index in [1.807, 2.05) is 0 Å². The molecule has 2 atom stereocenters. The predicted molar refractivity (Wildman–Crippen MR) is 195 cm³/mol. The molecular formula is C35H34ClF5N6O4S2. The third-order valence-corrected chi connectivity index (χ3v) is 10.9. The molecule has 1 aliphatic rings. The summed E-state index contributed by atoms with van der Waals surface area (Å²) in [5.74, 6) is 3.95. The van der Waals surface area contributed by atoms with Crippen molar-refractivity contribution in [3.63, 3.8) is 0 Å². The molecule has 0 radical (unpaired) electrons. The molecule has 1 N–H and O–H groups in total. The SMILES string of the molecule is CSN(C(=O)N1CCOCC1)c1nn(CC(F)(F)F)c2c(-c3ccc(C#CC(C)(C)[S+](C)[O-])nc3C(Cc3cc(F)cc(F)c3)NC=O)ccc(Cl)c12. The number of rotatable bonds is 10. The number of carbonyl (C=O) groups excluding carboxylic acids is 2. The largest absolute Gasteiger partial charge is 0.615 e. The minimum atomic E-state index is -4.76. The first-order chi connectivity index (χ1) is 25.0. The molecule has 1 saturated heterocycles. The van der Waals surface area contributed by atoms with E-state index in [2.05, 4.69) is 22.3 Å². The lowest BCUT2D eigenvalue weighted by Crippen LogP contribution is -2.46. The molecule has 1 aliphatic heterocycles. The standard InChI is InChI=1S/C35H34ClF5N6O4S2/c1-34(2,53(4)50)10-9-24-5-6-25(30(43-24)28(42-20-48)17-21-15-22(37)18-23(38)16-21)26-7-8-27(36)29-31(26)46(19-35(39,40)41)44-32(29)47(52-3)33(49)45-11-13-51-14-12-45/h5-8,15-16,18,20,28H,11-14,17,19H2,1-4H3,(H,42,48). The number of aromatic nitrogens is 3. The molecule has 1 fully saturated rings. The van der Waals surface area contributed by atoms with Gasteiger partial charge in [0.1, 0.15) is 23.9 Å². The molecule has 3 heterocycles. The van der Waals surface area contributed by atoms with Crippen LogP contribution in [0.15, 0.2) is 42.5 Å². The van der Waals surface area contributed by atoms with Gasteiger partial charge in [-0.25, -0.2) is 22.9 Å². The van der Waals surface area contributed by atoms with E-state index in [9.17, 15) is 36.1 Å². The van der Waals surface area contributed by atoms with E-state index in [1.54, 1.807) is 20.1 Å². The summed E-state index contributed by atoms with van der Waals surface area (Å²) < 4.78 is 89.7. The predicted octanol–water partition coefficient (Wildman–Crippen LogP) is 6.67. The first-order valence-corrected chi connectivity index (χ1v) is 19.1. The van der Waals surface area contributed by atoms with E-state index < -0.39 is 52.4 Å². The average molecular weight is 797 g/mol. The summed E-state index contributed by atoms with van der Waals surface area (Å²) in [7, 11) is 0. The van der Waals surface area contributed by atoms with E-state index in [4.69, 9.17) is 21.3 Å². The fraction of sp³-hybridized carbons (Fsp3) is 0.371. The Hall–Kier alpha value is -4.08. The molecular weight excluding hydrogens is 763 g/mol. The van der Waals surface area contributed by atoms with Crippen LogP contribution in [0.5, 0.6) is 0 Å². The molecule has 53 heavy (non-hydrogen) atoms. The smallest absolute Gasteiger partial charge is 0.408 e. The number of hydrogen-bond acceptors (Lipinski definition) is 7. The van der Waals surface area contributed by atoms with Crippen molar-refractivity contribution in [2.45, 2.75) is 43.8 Å². The molecule has 282 valence electrons. The third kappa shape index (κ3) is 9.36. The Morgan fingerprint density at radius 2 is 1.81 bits per heavy atom. The van der Waals surface area contributed by atoms with E-state index in [-0.39, 0.29) is 82.5 Å². The second kappa shape index (κ2) is 16.5. The van der Waals surface area contributed by atoms with Gasteiger partial charge in [0, 0.05) is 36.5 Å². The van der Waals surface area contributed by atoms with Crippen LogP contribution in [-0.4, -0.2) is 86.4 Å². The molecule has 0 spiro atoms. The Kier molecular flexibility index (Phi) is 12.5. The minimum absolute atomic E-state index is 0.00518. The van der Waals surface area contributed by atoms with Crippen LogP contribution in [0.2, 0.25) is 5.02 Å². The maximum atomic E-state index is 14.3. The monoisotopic (exact) mass is 796 g/mol. The van der Waals surface area contributed by atoms with E-state index in [0.717, 1.165) is 24.1 Å². The normalized spacial score (nSPS) is 14.7. The average Bonchev–Trinajstić information content (AvgIpc) is 3.45. The number of anilines is 1. The quantitative estimate of drug-likeness (QED) is 0.0628. The summed E-state index contributed by atoms with van der Waals surface area (Å²) in [6.45, 7) is 2.87. The van der Waals surface area contributed by atoms with Crippen molar-refractivity contribution < 1.29 is 40.8 Å². The van der Waals surface area contributed by atoms with Crippen LogP contribution in [0.3, 0.4) is 0 Å². The Balaban J connectivity index is 1.78. The highest BCUT2D eigenvalue weighted by Crippen LogP contribution is 2.43. The molecule has 2 unspecified atom stereocenters. The summed E-state index contributed by atoms with van der Waals surface area (Å²) in [6.07, 6.45) is -1.51. The second-order valence-electron chi connectivity index (χ2n) is 12.4. The summed E-state index contributed by atoms with van der Waals surface area (Å²) in [5, 5.41) is 6.98. The van der Waals surface area contributed by atoms with Crippen LogP contribution in [-0.2, 0) is 33.7 Å². The molecule has 5 rings (SSSR count). The van der Waals surface area contributed by atoms with Crippen LogP contribution in [0, 0.1) is 23.5 Å². The van der Waals surface area contributed by atoms with Crippen LogP contribution >= 0.6 is 23.5 Å². The van der Waals surface area contributed by atoms with Gasteiger partial charge in [-0.3, -0.25) is 9.48 Å². The van der Waals surface area contributed by atoms with Crippen LogP contribution in [0.4, 0.5) is 32.6 Å². The first kappa shape index (κ1) is 40.1. The highest BCUT2D eigenvalue weighted by Gasteiger charge is 2.35. The van der Waals surface area contributed by atoms with Crippen LogP contribution in [0.1, 0.15) is 36.8 Å². The van der Waals surface area contributed by atoms with Gasteiger partial charge in [0.25, 0.3) is 0 Å². The fourth-order valence-corrected chi connectivity index (χ4v) is 6.65. The van der Waals surface area contributed by atoms with Crippen LogP contribution in [0.25, 0.3) is 22.0 Å². The van der Waals surface area contributed by atoms with Crippen molar-refractivity contribution in [1.82, 2.24) is 25.0 Å². The number of morpholine rings is 1. The first-order valence-electron chi connectivity index (χ1n) is 16.0. The number of alkyl halides is 3. The van der Waals surface area contributed by atoms with Gasteiger partial charge in [-0.1, -0.05) is 17.7 Å². The van der Waals surface area contributed by atoms with Gasteiger partial charge < -0.3 is 19.5 Å². The third-order valence-electron chi connectivity index (χ3n) is 8.37. The molecule has 0 bridgehead atoms. The van der Waals surface area contributed by atoms with Crippen molar-refractivity contribution in [2.24, 2.45) is 0 Å². The number of carbonyl (C=O) groups is 2. The van der Waals surface area contributed by atoms with E-state index in [0.29, 0.717) is 17.2 Å². The zero-order valence-electron chi connectivity index (χ0n) is 28.9. The Bertz CT molecular complexity index is 2040. The Morgan fingerprint density at radius 1 is 1.15 bits per heavy atom. The zero-order chi connectivity index (χ0) is 38.7. The number of halogens is 6. The van der Waals surface area contributed by atoms with Crippen molar-refractivity contribution >= 4 is 63.9 Å². The van der Waals surface area contributed by atoms with Gasteiger partial charge >= 0.3 is 12.2 Å². The summed E-state index contributed by atoms with van der Waals surface area (Å²) in [4.78, 5) is 31.9. The maximum Gasteiger partial charge on any atom is 0.408 e. The van der Waals surface area contributed by atoms with Gasteiger partial charge in [-0.05, 0) is 91.1 Å². The van der Waals surface area contributed by atoms with E-state index in [1.165, 1.54) is 39.7 Å². The number of nitrogens with zero attached hydrogens (tertiary/aromatic N) is 5. The highest BCUT2D eigenvalue weighted by atomic mass is 35.5. The number of amides is 3. The number of pyridine rings is 1. The van der Waals surface area contributed by atoms with Gasteiger partial charge in [0.15, 0.2) is 10.6 Å². The highest BCUT2D eigenvalue weighted by molar-refractivity contribution is 8.00. The summed E-state index contributed by atoms with van der Waals surface area (Å²) >= 11 is 6.30. The number of ether oxygens (including phenoxy) is 1. The number of nitrogens with one attached hydrogen (secondary N) is 1. The van der Waals surface area contributed by atoms with Crippen molar-refractivity contribution in [1.29, 1.82) is 0 Å². The zero-order valence-corrected chi connectivity index (χ0v) is 31.3. The fourth-order valence-electron chi connectivity index (χ4n) is 5.65. The van der Waals surface area contributed by atoms with Crippen molar-refractivity contribution in [2.75, 3.05) is 43.1 Å². The lowest BCUT2D eigenvalue weighted by molar-refractivity contribution is -0.141. The maximum absolute atomic E-state index is 14.3. The van der Waals surface area contributed by atoms with Gasteiger partial charge in [-0.15, -0.1) is 0 Å². The van der Waals surface area contributed by atoms with Gasteiger partial charge in [0.05, 0.1) is 47.1 Å². The van der Waals surface area contributed by atoms with Gasteiger partial charge in [0.2, 0.25) is 6.41 Å². The number of urea groups is 1. The lowest BCUT2D eigenvalue weighted by Gasteiger charge is -2.30. The van der Waals surface area contributed by atoms with Crippen LogP contribution < -0.4 is 9.62 Å². The second-order valence-corrected chi connectivity index (χ2v) is 15.5. The molecule has 2 aromatic carbocycles. The molecule has 2 aromatic heterocycles. The summed E-state index contributed by atoms with van der Waals surface area (Å²) in [5.41, 5.74) is 0.648. The molecule has 3 amide bonds. The van der Waals surface area contributed by atoms with Crippen molar-refractivity contribution in [3.8, 4) is 23.0 Å². The van der Waals surface area contributed by atoms with E-state index >= 15 is 0 Å². The number of fused-ring (bicyclic) bond motifs is 1. The Labute approximate surface area is 314 Å². The molecule has 4 aromatic rings. The molecule has 10 nitrogen and oxygen atoms in total.